The fraction of sp³-hybridized carbons (Fsp3) is 0.129. The van der Waals surface area contributed by atoms with Gasteiger partial charge in [0.1, 0.15) is 23.0 Å². The number of nitrogens with zero attached hydrogens (tertiary/aromatic N) is 2. The fourth-order valence-electron chi connectivity index (χ4n) is 4.28. The van der Waals surface area contributed by atoms with Gasteiger partial charge < -0.3 is 24.1 Å². The Labute approximate surface area is 254 Å². The molecule has 0 bridgehead atoms. The van der Waals surface area contributed by atoms with E-state index in [0.29, 0.717) is 51.0 Å². The third-order valence-corrected chi connectivity index (χ3v) is 7.77. The molecule has 5 aromatic rings. The van der Waals surface area contributed by atoms with Crippen LogP contribution in [0.5, 0.6) is 23.0 Å². The molecule has 0 spiro atoms. The molecular formula is C31H26BrN3O6S. The number of H-pyrrole nitrogens is 1. The summed E-state index contributed by atoms with van der Waals surface area (Å²) in [6.45, 7) is 0.327. The minimum Gasteiger partial charge on any atom is -0.497 e. The van der Waals surface area contributed by atoms with E-state index in [-0.39, 0.29) is 10.1 Å². The summed E-state index contributed by atoms with van der Waals surface area (Å²) in [5.74, 6) is 1.46. The Morgan fingerprint density at radius 2 is 1.71 bits per heavy atom. The number of carbonyl (C=O) groups is 1. The van der Waals surface area contributed by atoms with Gasteiger partial charge in [-0.05, 0) is 79.9 Å². The average molecular weight is 649 g/mol. The molecule has 0 radical (unpaired) electrons. The Morgan fingerprint density at radius 1 is 0.976 bits per heavy atom. The van der Waals surface area contributed by atoms with E-state index in [0.717, 1.165) is 28.1 Å². The zero-order valence-corrected chi connectivity index (χ0v) is 25.3. The highest BCUT2D eigenvalue weighted by Gasteiger charge is 2.18. The number of methoxy groups -OCH3 is 3. The van der Waals surface area contributed by atoms with Crippen molar-refractivity contribution in [1.29, 1.82) is 0 Å². The van der Waals surface area contributed by atoms with E-state index < -0.39 is 5.97 Å². The second-order valence-electron chi connectivity index (χ2n) is 8.94. The Kier molecular flexibility index (Phi) is 8.99. The lowest BCUT2D eigenvalue weighted by Crippen LogP contribution is -2.00. The van der Waals surface area contributed by atoms with Gasteiger partial charge in [-0.15, -0.1) is 5.10 Å². The average Bonchev–Trinajstić information content (AvgIpc) is 3.48. The molecule has 5 rings (SSSR count). The SMILES string of the molecule is COc1cc(OC)cc(-c2nc(S/C(=C\c3cc(Br)c(OCc4cccc5ccccc45)c(OC)c3)C(=O)O)n[nH]2)c1. The van der Waals surface area contributed by atoms with Crippen LogP contribution in [-0.4, -0.2) is 47.6 Å². The van der Waals surface area contributed by atoms with Crippen molar-refractivity contribution < 1.29 is 28.8 Å². The molecule has 2 N–H and O–H groups in total. The summed E-state index contributed by atoms with van der Waals surface area (Å²) in [5.41, 5.74) is 2.31. The van der Waals surface area contributed by atoms with Crippen LogP contribution < -0.4 is 18.9 Å². The topological polar surface area (TPSA) is 116 Å². The van der Waals surface area contributed by atoms with Crippen LogP contribution in [0.4, 0.5) is 0 Å². The van der Waals surface area contributed by atoms with E-state index in [1.54, 1.807) is 44.6 Å². The highest BCUT2D eigenvalue weighted by molar-refractivity contribution is 9.10. The number of rotatable bonds is 11. The molecule has 1 aromatic heterocycles. The molecule has 0 aliphatic carbocycles. The van der Waals surface area contributed by atoms with Crippen LogP contribution in [0.2, 0.25) is 0 Å². The van der Waals surface area contributed by atoms with Crippen molar-refractivity contribution in [2.75, 3.05) is 21.3 Å². The molecule has 9 nitrogen and oxygen atoms in total. The van der Waals surface area contributed by atoms with Gasteiger partial charge in [0.15, 0.2) is 17.3 Å². The van der Waals surface area contributed by atoms with E-state index in [1.807, 2.05) is 24.3 Å². The number of carboxylic acids is 1. The van der Waals surface area contributed by atoms with Gasteiger partial charge in [0.2, 0.25) is 5.16 Å². The first-order chi connectivity index (χ1) is 20.4. The second kappa shape index (κ2) is 13.0. The van der Waals surface area contributed by atoms with E-state index in [2.05, 4.69) is 49.3 Å². The normalized spacial score (nSPS) is 11.4. The number of aromatic amines is 1. The van der Waals surface area contributed by atoms with E-state index >= 15 is 0 Å². The van der Waals surface area contributed by atoms with Gasteiger partial charge in [0.05, 0.1) is 25.8 Å². The first kappa shape index (κ1) is 29.0. The minimum absolute atomic E-state index is 0.0159. The van der Waals surface area contributed by atoms with Gasteiger partial charge in [-0.25, -0.2) is 9.78 Å². The van der Waals surface area contributed by atoms with Crippen LogP contribution in [0, 0.1) is 0 Å². The lowest BCUT2D eigenvalue weighted by molar-refractivity contribution is -0.131. The molecule has 0 unspecified atom stereocenters. The molecule has 0 saturated carbocycles. The fourth-order valence-corrected chi connectivity index (χ4v) is 5.56. The van der Waals surface area contributed by atoms with Crippen LogP contribution in [0.1, 0.15) is 11.1 Å². The summed E-state index contributed by atoms with van der Waals surface area (Å²) in [7, 11) is 4.65. The summed E-state index contributed by atoms with van der Waals surface area (Å²) in [4.78, 5) is 16.6. The van der Waals surface area contributed by atoms with Gasteiger partial charge in [-0.2, -0.15) is 0 Å². The molecule has 0 aliphatic heterocycles. The molecule has 214 valence electrons. The number of ether oxygens (including phenoxy) is 4. The number of benzene rings is 4. The Balaban J connectivity index is 1.38. The van der Waals surface area contributed by atoms with Gasteiger partial charge >= 0.3 is 5.97 Å². The number of hydrogen-bond donors (Lipinski definition) is 2. The van der Waals surface area contributed by atoms with Crippen molar-refractivity contribution >= 4 is 50.5 Å². The molecule has 0 fully saturated rings. The van der Waals surface area contributed by atoms with E-state index in [4.69, 9.17) is 18.9 Å². The predicted octanol–water partition coefficient (Wildman–Crippen LogP) is 7.21. The van der Waals surface area contributed by atoms with Crippen LogP contribution in [0.3, 0.4) is 0 Å². The Bertz CT molecular complexity index is 1760. The Hall–Kier alpha value is -4.48. The molecule has 0 aliphatic rings. The quantitative estimate of drug-likeness (QED) is 0.113. The van der Waals surface area contributed by atoms with E-state index in [1.165, 1.54) is 13.2 Å². The van der Waals surface area contributed by atoms with Crippen molar-refractivity contribution in [3.05, 3.63) is 93.3 Å². The molecule has 4 aromatic carbocycles. The van der Waals surface area contributed by atoms with Gasteiger partial charge in [0.25, 0.3) is 0 Å². The van der Waals surface area contributed by atoms with Gasteiger partial charge in [-0.1, -0.05) is 42.5 Å². The lowest BCUT2D eigenvalue weighted by atomic mass is 10.1. The molecule has 1 heterocycles. The molecule has 0 atom stereocenters. The number of aromatic nitrogens is 3. The first-order valence-corrected chi connectivity index (χ1v) is 14.2. The number of aliphatic carboxylic acids is 1. The maximum Gasteiger partial charge on any atom is 0.342 e. The number of fused-ring (bicyclic) bond motifs is 1. The maximum absolute atomic E-state index is 12.2. The molecular weight excluding hydrogens is 622 g/mol. The van der Waals surface area contributed by atoms with Crippen molar-refractivity contribution in [2.24, 2.45) is 0 Å². The maximum atomic E-state index is 12.2. The number of nitrogens with one attached hydrogen (secondary N) is 1. The number of carboxylic acid groups (broad SMARTS) is 1. The third kappa shape index (κ3) is 6.53. The van der Waals surface area contributed by atoms with Gasteiger partial charge in [0, 0.05) is 11.6 Å². The minimum atomic E-state index is -1.12. The molecule has 11 heteroatoms. The highest BCUT2D eigenvalue weighted by atomic mass is 79.9. The summed E-state index contributed by atoms with van der Waals surface area (Å²) in [5, 5.41) is 19.5. The lowest BCUT2D eigenvalue weighted by Gasteiger charge is -2.15. The largest absolute Gasteiger partial charge is 0.497 e. The summed E-state index contributed by atoms with van der Waals surface area (Å²) in [6, 6.07) is 23.0. The number of halogens is 1. The van der Waals surface area contributed by atoms with Crippen LogP contribution in [0.15, 0.2) is 87.3 Å². The van der Waals surface area contributed by atoms with E-state index in [9.17, 15) is 9.90 Å². The van der Waals surface area contributed by atoms with Crippen LogP contribution >= 0.6 is 27.7 Å². The monoisotopic (exact) mass is 647 g/mol. The van der Waals surface area contributed by atoms with Crippen LogP contribution in [-0.2, 0) is 11.4 Å². The Morgan fingerprint density at radius 3 is 2.43 bits per heavy atom. The van der Waals surface area contributed by atoms with Gasteiger partial charge in [-0.3, -0.25) is 5.10 Å². The van der Waals surface area contributed by atoms with Crippen molar-refractivity contribution in [2.45, 2.75) is 11.8 Å². The zero-order chi connectivity index (χ0) is 29.6. The molecule has 42 heavy (non-hydrogen) atoms. The summed E-state index contributed by atoms with van der Waals surface area (Å²) < 4.78 is 23.0. The van der Waals surface area contributed by atoms with Crippen molar-refractivity contribution in [3.8, 4) is 34.4 Å². The zero-order valence-electron chi connectivity index (χ0n) is 22.9. The molecule has 0 saturated heterocycles. The predicted molar refractivity (Wildman–Crippen MR) is 165 cm³/mol. The third-order valence-electron chi connectivity index (χ3n) is 6.30. The number of hydrogen-bond acceptors (Lipinski definition) is 8. The first-order valence-electron chi connectivity index (χ1n) is 12.6. The molecule has 0 amide bonds. The van der Waals surface area contributed by atoms with Crippen LogP contribution in [0.25, 0.3) is 28.2 Å². The standard InChI is InChI=1S/C31H26BrN3O6S/c1-38-22-14-21(15-23(16-22)39-2)29-33-31(35-34-29)42-27(30(36)37)13-18-11-25(32)28(26(12-18)40-3)41-17-20-9-6-8-19-7-4-5-10-24(19)20/h4-16H,17H2,1-3H3,(H,36,37)(H,33,34,35)/b27-13-. The van der Waals surface area contributed by atoms with Crippen molar-refractivity contribution in [3.63, 3.8) is 0 Å². The summed E-state index contributed by atoms with van der Waals surface area (Å²) in [6.07, 6.45) is 1.53. The highest BCUT2D eigenvalue weighted by Crippen LogP contribution is 2.39. The summed E-state index contributed by atoms with van der Waals surface area (Å²) >= 11 is 4.49. The number of thioether (sulfide) groups is 1. The van der Waals surface area contributed by atoms with Crippen molar-refractivity contribution in [1.82, 2.24) is 15.2 Å². The second-order valence-corrected chi connectivity index (χ2v) is 10.8. The smallest absolute Gasteiger partial charge is 0.342 e.